The highest BCUT2D eigenvalue weighted by atomic mass is 35.5. The first-order valence-corrected chi connectivity index (χ1v) is 5.25. The van der Waals surface area contributed by atoms with Gasteiger partial charge in [0.25, 0.3) is 0 Å². The summed E-state index contributed by atoms with van der Waals surface area (Å²) in [5, 5.41) is 2.89. The SMILES string of the molecule is CCNc1ncc(Cl)c(N(C)CC(F)(F)F)n1. The summed E-state index contributed by atoms with van der Waals surface area (Å²) in [6.45, 7) is 1.29. The van der Waals surface area contributed by atoms with Crippen molar-refractivity contribution in [1.82, 2.24) is 9.97 Å². The average Bonchev–Trinajstić information content (AvgIpc) is 2.18. The molecule has 4 nitrogen and oxygen atoms in total. The smallest absolute Gasteiger partial charge is 0.354 e. The fourth-order valence-electron chi connectivity index (χ4n) is 1.21. The van der Waals surface area contributed by atoms with Gasteiger partial charge in [-0.05, 0) is 6.92 Å². The van der Waals surface area contributed by atoms with Crippen LogP contribution >= 0.6 is 11.6 Å². The van der Waals surface area contributed by atoms with Crippen molar-refractivity contribution in [3.63, 3.8) is 0 Å². The second-order valence-electron chi connectivity index (χ2n) is 3.37. The summed E-state index contributed by atoms with van der Waals surface area (Å²) >= 11 is 5.76. The van der Waals surface area contributed by atoms with Crippen molar-refractivity contribution in [3.05, 3.63) is 11.2 Å². The maximum absolute atomic E-state index is 12.2. The monoisotopic (exact) mass is 268 g/mol. The molecule has 0 radical (unpaired) electrons. The van der Waals surface area contributed by atoms with Crippen molar-refractivity contribution < 1.29 is 13.2 Å². The molecule has 17 heavy (non-hydrogen) atoms. The Morgan fingerprint density at radius 3 is 2.65 bits per heavy atom. The van der Waals surface area contributed by atoms with E-state index in [-0.39, 0.29) is 16.8 Å². The van der Waals surface area contributed by atoms with Gasteiger partial charge in [0.15, 0.2) is 5.82 Å². The number of alkyl halides is 3. The third-order valence-corrected chi connectivity index (χ3v) is 2.11. The fourth-order valence-corrected chi connectivity index (χ4v) is 1.45. The molecule has 8 heteroatoms. The molecule has 0 bridgehead atoms. The van der Waals surface area contributed by atoms with Crippen LogP contribution in [0, 0.1) is 0 Å². The van der Waals surface area contributed by atoms with E-state index < -0.39 is 12.7 Å². The van der Waals surface area contributed by atoms with Crippen LogP contribution in [0.3, 0.4) is 0 Å². The molecule has 0 fully saturated rings. The Hall–Kier alpha value is -1.24. The van der Waals surface area contributed by atoms with Gasteiger partial charge in [-0.25, -0.2) is 4.98 Å². The molecular weight excluding hydrogens is 257 g/mol. The molecule has 1 aromatic heterocycles. The highest BCUT2D eigenvalue weighted by Crippen LogP contribution is 2.25. The molecule has 0 aliphatic heterocycles. The van der Waals surface area contributed by atoms with Crippen molar-refractivity contribution in [2.75, 3.05) is 30.4 Å². The Morgan fingerprint density at radius 2 is 2.12 bits per heavy atom. The number of rotatable bonds is 4. The second-order valence-corrected chi connectivity index (χ2v) is 3.77. The molecule has 0 saturated heterocycles. The molecule has 1 rings (SSSR count). The Balaban J connectivity index is 2.91. The Morgan fingerprint density at radius 1 is 1.47 bits per heavy atom. The molecule has 96 valence electrons. The zero-order valence-corrected chi connectivity index (χ0v) is 10.1. The van der Waals surface area contributed by atoms with Gasteiger partial charge in [0, 0.05) is 13.6 Å². The summed E-state index contributed by atoms with van der Waals surface area (Å²) < 4.78 is 36.7. The molecule has 0 saturated carbocycles. The number of nitrogens with one attached hydrogen (secondary N) is 1. The molecule has 0 amide bonds. The molecular formula is C9H12ClF3N4. The quantitative estimate of drug-likeness (QED) is 0.911. The highest BCUT2D eigenvalue weighted by Gasteiger charge is 2.30. The van der Waals surface area contributed by atoms with Gasteiger partial charge in [-0.1, -0.05) is 11.6 Å². The lowest BCUT2D eigenvalue weighted by Gasteiger charge is -2.21. The minimum Gasteiger partial charge on any atom is -0.354 e. The molecule has 1 heterocycles. The van der Waals surface area contributed by atoms with Crippen LogP contribution in [-0.4, -0.2) is 36.3 Å². The predicted molar refractivity (Wildman–Crippen MR) is 60.5 cm³/mol. The lowest BCUT2D eigenvalue weighted by Crippen LogP contribution is -2.31. The summed E-state index contributed by atoms with van der Waals surface area (Å²) in [5.41, 5.74) is 0. The predicted octanol–water partition coefficient (Wildman–Crippen LogP) is 2.56. The fraction of sp³-hybridized carbons (Fsp3) is 0.556. The number of hydrogen-bond acceptors (Lipinski definition) is 4. The Kier molecular flexibility index (Phi) is 4.39. The minimum absolute atomic E-state index is 0.0509. The number of halogens is 4. The Labute approximate surface area is 102 Å². The lowest BCUT2D eigenvalue weighted by atomic mass is 10.4. The molecule has 1 N–H and O–H groups in total. The van der Waals surface area contributed by atoms with Gasteiger partial charge in [0.05, 0.1) is 6.20 Å². The highest BCUT2D eigenvalue weighted by molar-refractivity contribution is 6.32. The first-order valence-electron chi connectivity index (χ1n) is 4.87. The zero-order valence-electron chi connectivity index (χ0n) is 9.35. The van der Waals surface area contributed by atoms with Gasteiger partial charge < -0.3 is 10.2 Å². The standard InChI is InChI=1S/C9H12ClF3N4/c1-3-14-8-15-4-6(10)7(16-8)17(2)5-9(11,12)13/h4H,3,5H2,1-2H3,(H,14,15,16). The summed E-state index contributed by atoms with van der Waals surface area (Å²) in [6.07, 6.45) is -3.03. The van der Waals surface area contributed by atoms with Gasteiger partial charge in [-0.3, -0.25) is 0 Å². The van der Waals surface area contributed by atoms with E-state index in [9.17, 15) is 13.2 Å². The van der Waals surface area contributed by atoms with Crippen LogP contribution in [0.2, 0.25) is 5.02 Å². The molecule has 1 aromatic rings. The summed E-state index contributed by atoms with van der Waals surface area (Å²) in [5.74, 6) is 0.302. The number of anilines is 2. The largest absolute Gasteiger partial charge is 0.405 e. The van der Waals surface area contributed by atoms with E-state index in [1.54, 1.807) is 0 Å². The van der Waals surface area contributed by atoms with Crippen molar-refractivity contribution in [3.8, 4) is 0 Å². The van der Waals surface area contributed by atoms with E-state index >= 15 is 0 Å². The third kappa shape index (κ3) is 4.26. The van der Waals surface area contributed by atoms with Crippen LogP contribution in [0.5, 0.6) is 0 Å². The van der Waals surface area contributed by atoms with E-state index in [0.29, 0.717) is 6.54 Å². The summed E-state index contributed by atoms with van der Waals surface area (Å²) in [6, 6.07) is 0. The van der Waals surface area contributed by atoms with Crippen LogP contribution in [0.4, 0.5) is 24.9 Å². The van der Waals surface area contributed by atoms with Crippen molar-refractivity contribution in [1.29, 1.82) is 0 Å². The van der Waals surface area contributed by atoms with Gasteiger partial charge in [0.1, 0.15) is 11.6 Å². The molecule has 0 spiro atoms. The molecule has 0 aromatic carbocycles. The average molecular weight is 269 g/mol. The van der Waals surface area contributed by atoms with E-state index in [4.69, 9.17) is 11.6 Å². The van der Waals surface area contributed by atoms with Crippen LogP contribution in [0.1, 0.15) is 6.92 Å². The van der Waals surface area contributed by atoms with E-state index in [2.05, 4.69) is 15.3 Å². The summed E-state index contributed by atoms with van der Waals surface area (Å²) in [4.78, 5) is 8.70. The molecule has 0 aliphatic carbocycles. The van der Waals surface area contributed by atoms with Crippen molar-refractivity contribution in [2.24, 2.45) is 0 Å². The van der Waals surface area contributed by atoms with Crippen molar-refractivity contribution >= 4 is 23.4 Å². The number of nitrogens with zero attached hydrogens (tertiary/aromatic N) is 3. The minimum atomic E-state index is -4.30. The van der Waals surface area contributed by atoms with Gasteiger partial charge in [-0.2, -0.15) is 18.2 Å². The topological polar surface area (TPSA) is 41.1 Å². The van der Waals surface area contributed by atoms with Crippen LogP contribution < -0.4 is 10.2 Å². The molecule has 0 aliphatic rings. The van der Waals surface area contributed by atoms with Gasteiger partial charge in [-0.15, -0.1) is 0 Å². The van der Waals surface area contributed by atoms with Crippen molar-refractivity contribution in [2.45, 2.75) is 13.1 Å². The van der Waals surface area contributed by atoms with Crippen LogP contribution in [-0.2, 0) is 0 Å². The van der Waals surface area contributed by atoms with Crippen LogP contribution in [0.25, 0.3) is 0 Å². The first-order chi connectivity index (χ1) is 7.83. The second kappa shape index (κ2) is 5.39. The van der Waals surface area contributed by atoms with E-state index in [1.165, 1.54) is 13.2 Å². The normalized spacial score (nSPS) is 11.4. The number of aromatic nitrogens is 2. The molecule has 0 atom stereocenters. The third-order valence-electron chi connectivity index (χ3n) is 1.84. The van der Waals surface area contributed by atoms with E-state index in [1.807, 2.05) is 6.92 Å². The van der Waals surface area contributed by atoms with E-state index in [0.717, 1.165) is 4.90 Å². The Bertz CT molecular complexity index is 383. The van der Waals surface area contributed by atoms with Gasteiger partial charge in [0.2, 0.25) is 5.95 Å². The first kappa shape index (κ1) is 13.8. The molecule has 0 unspecified atom stereocenters. The maximum atomic E-state index is 12.2. The lowest BCUT2D eigenvalue weighted by molar-refractivity contribution is -0.119. The summed E-state index contributed by atoms with van der Waals surface area (Å²) in [7, 11) is 1.28. The number of hydrogen-bond donors (Lipinski definition) is 1. The van der Waals surface area contributed by atoms with Crippen LogP contribution in [0.15, 0.2) is 6.20 Å². The zero-order chi connectivity index (χ0) is 13.1. The maximum Gasteiger partial charge on any atom is 0.405 e. The van der Waals surface area contributed by atoms with Gasteiger partial charge >= 0.3 is 6.18 Å².